The first-order valence-corrected chi connectivity index (χ1v) is 7.30. The maximum absolute atomic E-state index is 12.6. The Labute approximate surface area is 128 Å². The van der Waals surface area contributed by atoms with E-state index in [1.165, 1.54) is 0 Å². The lowest BCUT2D eigenvalue weighted by Gasteiger charge is -2.35. The fourth-order valence-corrected chi connectivity index (χ4v) is 2.82. The van der Waals surface area contributed by atoms with Gasteiger partial charge in [-0.2, -0.15) is 0 Å². The van der Waals surface area contributed by atoms with E-state index in [2.05, 4.69) is 10.6 Å². The number of rotatable bonds is 4. The number of carbonyl (C=O) groups excluding carboxylic acids is 1. The van der Waals surface area contributed by atoms with Gasteiger partial charge in [-0.15, -0.1) is 0 Å². The zero-order valence-electron chi connectivity index (χ0n) is 11.3. The molecule has 0 aromatic heterocycles. The van der Waals surface area contributed by atoms with Crippen LogP contribution in [0.2, 0.25) is 10.0 Å². The monoisotopic (exact) mass is 316 g/mol. The van der Waals surface area contributed by atoms with Crippen molar-refractivity contribution in [2.75, 3.05) is 32.1 Å². The van der Waals surface area contributed by atoms with Crippen molar-refractivity contribution < 1.29 is 9.53 Å². The SMILES string of the molecule is COCC1(C(=O)Nc2cccc(Cl)c2Cl)CCNCC1. The maximum Gasteiger partial charge on any atom is 0.233 e. The Hall–Kier alpha value is -0.810. The quantitative estimate of drug-likeness (QED) is 0.898. The smallest absolute Gasteiger partial charge is 0.233 e. The van der Waals surface area contributed by atoms with Gasteiger partial charge in [0.25, 0.3) is 0 Å². The highest BCUT2D eigenvalue weighted by Crippen LogP contribution is 2.34. The molecule has 1 aliphatic rings. The summed E-state index contributed by atoms with van der Waals surface area (Å²) in [7, 11) is 1.61. The third-order valence-electron chi connectivity index (χ3n) is 3.66. The molecule has 0 unspecified atom stereocenters. The van der Waals surface area contributed by atoms with Crippen molar-refractivity contribution in [2.24, 2.45) is 5.41 Å². The third kappa shape index (κ3) is 3.26. The summed E-state index contributed by atoms with van der Waals surface area (Å²) in [6.07, 6.45) is 1.48. The maximum atomic E-state index is 12.6. The van der Waals surface area contributed by atoms with Crippen molar-refractivity contribution in [3.05, 3.63) is 28.2 Å². The zero-order chi connectivity index (χ0) is 14.6. The van der Waals surface area contributed by atoms with Crippen molar-refractivity contribution in [3.63, 3.8) is 0 Å². The molecular formula is C14H18Cl2N2O2. The van der Waals surface area contributed by atoms with E-state index in [-0.39, 0.29) is 5.91 Å². The predicted molar refractivity (Wildman–Crippen MR) is 81.5 cm³/mol. The Balaban J connectivity index is 2.18. The summed E-state index contributed by atoms with van der Waals surface area (Å²) in [5.41, 5.74) is 0.0317. The first kappa shape index (κ1) is 15.6. The molecule has 0 spiro atoms. The van der Waals surface area contributed by atoms with Crippen LogP contribution in [0.4, 0.5) is 5.69 Å². The molecule has 1 heterocycles. The van der Waals surface area contributed by atoms with Gasteiger partial charge in [-0.1, -0.05) is 29.3 Å². The second-order valence-electron chi connectivity index (χ2n) is 5.02. The molecule has 20 heavy (non-hydrogen) atoms. The van der Waals surface area contributed by atoms with Gasteiger partial charge in [0.15, 0.2) is 0 Å². The van der Waals surface area contributed by atoms with Gasteiger partial charge in [0.2, 0.25) is 5.91 Å². The van der Waals surface area contributed by atoms with Crippen LogP contribution in [-0.2, 0) is 9.53 Å². The number of methoxy groups -OCH3 is 1. The van der Waals surface area contributed by atoms with Gasteiger partial charge in [0, 0.05) is 7.11 Å². The Morgan fingerprint density at radius 3 is 2.75 bits per heavy atom. The molecule has 2 N–H and O–H groups in total. The number of amides is 1. The van der Waals surface area contributed by atoms with Crippen LogP contribution in [0, 0.1) is 5.41 Å². The van der Waals surface area contributed by atoms with E-state index in [4.69, 9.17) is 27.9 Å². The van der Waals surface area contributed by atoms with Crippen molar-refractivity contribution in [1.29, 1.82) is 0 Å². The highest BCUT2D eigenvalue weighted by Gasteiger charge is 2.39. The fourth-order valence-electron chi connectivity index (χ4n) is 2.47. The number of carbonyl (C=O) groups is 1. The van der Waals surface area contributed by atoms with Crippen LogP contribution < -0.4 is 10.6 Å². The molecule has 1 aromatic rings. The van der Waals surface area contributed by atoms with Gasteiger partial charge in [0.05, 0.1) is 27.8 Å². The van der Waals surface area contributed by atoms with Crippen LogP contribution in [0.3, 0.4) is 0 Å². The van der Waals surface area contributed by atoms with Crippen molar-refractivity contribution in [3.8, 4) is 0 Å². The molecular weight excluding hydrogens is 299 g/mol. The van der Waals surface area contributed by atoms with E-state index >= 15 is 0 Å². The van der Waals surface area contributed by atoms with Crippen LogP contribution in [0.1, 0.15) is 12.8 Å². The summed E-state index contributed by atoms with van der Waals surface area (Å²) in [6.45, 7) is 2.01. The summed E-state index contributed by atoms with van der Waals surface area (Å²) in [5.74, 6) is -0.0648. The first-order valence-electron chi connectivity index (χ1n) is 6.54. The van der Waals surface area contributed by atoms with Crippen LogP contribution in [0.25, 0.3) is 0 Å². The molecule has 0 bridgehead atoms. The average Bonchev–Trinajstić information content (AvgIpc) is 2.45. The number of hydrogen-bond donors (Lipinski definition) is 2. The number of ether oxygens (including phenoxy) is 1. The van der Waals surface area contributed by atoms with E-state index in [1.54, 1.807) is 25.3 Å². The topological polar surface area (TPSA) is 50.4 Å². The second-order valence-corrected chi connectivity index (χ2v) is 5.80. The normalized spacial score (nSPS) is 17.8. The average molecular weight is 317 g/mol. The molecule has 1 saturated heterocycles. The molecule has 0 atom stereocenters. The van der Waals surface area contributed by atoms with E-state index in [1.807, 2.05) is 0 Å². The summed E-state index contributed by atoms with van der Waals surface area (Å²) < 4.78 is 5.25. The number of piperidine rings is 1. The minimum atomic E-state index is -0.508. The number of anilines is 1. The molecule has 0 aliphatic carbocycles. The van der Waals surface area contributed by atoms with Gasteiger partial charge < -0.3 is 15.4 Å². The van der Waals surface area contributed by atoms with Gasteiger partial charge in [0.1, 0.15) is 0 Å². The Morgan fingerprint density at radius 2 is 2.10 bits per heavy atom. The Bertz CT molecular complexity index is 483. The highest BCUT2D eigenvalue weighted by atomic mass is 35.5. The van der Waals surface area contributed by atoms with Gasteiger partial charge in [-0.25, -0.2) is 0 Å². The number of nitrogens with one attached hydrogen (secondary N) is 2. The summed E-state index contributed by atoms with van der Waals surface area (Å²) >= 11 is 12.1. The molecule has 2 rings (SSSR count). The molecule has 0 radical (unpaired) electrons. The molecule has 1 amide bonds. The summed E-state index contributed by atoms with van der Waals surface area (Å²) in [4.78, 5) is 12.6. The largest absolute Gasteiger partial charge is 0.384 e. The van der Waals surface area contributed by atoms with E-state index in [0.29, 0.717) is 22.3 Å². The molecule has 1 fully saturated rings. The zero-order valence-corrected chi connectivity index (χ0v) is 12.9. The summed E-state index contributed by atoms with van der Waals surface area (Å²) in [5, 5.41) is 6.93. The van der Waals surface area contributed by atoms with Crippen molar-refractivity contribution in [1.82, 2.24) is 5.32 Å². The molecule has 0 saturated carbocycles. The Morgan fingerprint density at radius 1 is 1.40 bits per heavy atom. The second kappa shape index (κ2) is 6.76. The molecule has 1 aliphatic heterocycles. The van der Waals surface area contributed by atoms with Gasteiger partial charge in [-0.05, 0) is 38.1 Å². The molecule has 4 nitrogen and oxygen atoms in total. The van der Waals surface area contributed by atoms with Crippen LogP contribution in [0.5, 0.6) is 0 Å². The van der Waals surface area contributed by atoms with E-state index in [9.17, 15) is 4.79 Å². The van der Waals surface area contributed by atoms with Crippen LogP contribution in [-0.4, -0.2) is 32.7 Å². The molecule has 1 aromatic carbocycles. The molecule has 6 heteroatoms. The van der Waals surface area contributed by atoms with Gasteiger partial charge >= 0.3 is 0 Å². The van der Waals surface area contributed by atoms with Crippen LogP contribution in [0.15, 0.2) is 18.2 Å². The fraction of sp³-hybridized carbons (Fsp3) is 0.500. The minimum absolute atomic E-state index is 0.0648. The number of hydrogen-bond acceptors (Lipinski definition) is 3. The highest BCUT2D eigenvalue weighted by molar-refractivity contribution is 6.44. The lowest BCUT2D eigenvalue weighted by molar-refractivity contribution is -0.130. The first-order chi connectivity index (χ1) is 9.59. The predicted octanol–water partition coefficient (Wildman–Crippen LogP) is 2.95. The number of benzene rings is 1. The lowest BCUT2D eigenvalue weighted by atomic mass is 9.78. The van der Waals surface area contributed by atoms with Gasteiger partial charge in [-0.3, -0.25) is 4.79 Å². The van der Waals surface area contributed by atoms with Crippen molar-refractivity contribution in [2.45, 2.75) is 12.8 Å². The number of halogens is 2. The molecule has 110 valence electrons. The Kier molecular flexibility index (Phi) is 5.27. The van der Waals surface area contributed by atoms with Crippen molar-refractivity contribution >= 4 is 34.8 Å². The lowest BCUT2D eigenvalue weighted by Crippen LogP contribution is -2.47. The van der Waals surface area contributed by atoms with Crippen LogP contribution >= 0.6 is 23.2 Å². The summed E-state index contributed by atoms with van der Waals surface area (Å²) in [6, 6.07) is 5.19. The van der Waals surface area contributed by atoms with E-state index in [0.717, 1.165) is 25.9 Å². The minimum Gasteiger partial charge on any atom is -0.384 e. The standard InChI is InChI=1S/C14H18Cl2N2O2/c1-20-9-14(5-7-17-8-6-14)13(19)18-11-4-2-3-10(15)12(11)16/h2-4,17H,5-9H2,1H3,(H,18,19). The third-order valence-corrected chi connectivity index (χ3v) is 4.48. The van der Waals surface area contributed by atoms with E-state index < -0.39 is 5.41 Å².